The van der Waals surface area contributed by atoms with Gasteiger partial charge in [-0.1, -0.05) is 17.7 Å². The van der Waals surface area contributed by atoms with E-state index in [0.29, 0.717) is 16.3 Å². The summed E-state index contributed by atoms with van der Waals surface area (Å²) in [6.07, 6.45) is 1.11. The van der Waals surface area contributed by atoms with Crippen molar-refractivity contribution in [3.05, 3.63) is 40.4 Å². The normalized spacial score (nSPS) is 11.3. The second kappa shape index (κ2) is 5.56. The van der Waals surface area contributed by atoms with Crippen molar-refractivity contribution in [2.24, 2.45) is 0 Å². The molecule has 0 unspecified atom stereocenters. The zero-order chi connectivity index (χ0) is 12.1. The Labute approximate surface area is 99.3 Å². The van der Waals surface area contributed by atoms with E-state index in [-0.39, 0.29) is 6.61 Å². The summed E-state index contributed by atoms with van der Waals surface area (Å²) in [5, 5.41) is 9.04. The average molecular weight is 241 g/mol. The number of ether oxygens (including phenoxy) is 1. The molecule has 0 bridgehead atoms. The van der Waals surface area contributed by atoms with Crippen LogP contribution in [0, 0.1) is 6.92 Å². The molecule has 1 aromatic carbocycles. The van der Waals surface area contributed by atoms with Crippen LogP contribution in [0.5, 0.6) is 5.75 Å². The first-order chi connectivity index (χ1) is 7.49. The fourth-order valence-electron chi connectivity index (χ4n) is 1.17. The fraction of sp³-hybridized carbons (Fsp3) is 0.250. The first-order valence-corrected chi connectivity index (χ1v) is 5.16. The summed E-state index contributed by atoms with van der Waals surface area (Å²) in [6, 6.07) is 5.45. The van der Waals surface area contributed by atoms with Crippen LogP contribution in [0.25, 0.3) is 0 Å². The van der Waals surface area contributed by atoms with Crippen LogP contribution in [-0.2, 0) is 4.79 Å². The molecule has 0 aliphatic rings. The van der Waals surface area contributed by atoms with Crippen LogP contribution in [-0.4, -0.2) is 17.7 Å². The van der Waals surface area contributed by atoms with Gasteiger partial charge in [0.2, 0.25) is 0 Å². The molecule has 16 heavy (non-hydrogen) atoms. The maximum atomic E-state index is 10.4. The van der Waals surface area contributed by atoms with Crippen molar-refractivity contribution in [2.75, 3.05) is 6.61 Å². The van der Waals surface area contributed by atoms with Gasteiger partial charge in [0.05, 0.1) is 5.02 Å². The van der Waals surface area contributed by atoms with E-state index in [1.54, 1.807) is 13.0 Å². The van der Waals surface area contributed by atoms with Crippen molar-refractivity contribution in [1.29, 1.82) is 0 Å². The Morgan fingerprint density at radius 2 is 2.25 bits per heavy atom. The number of halogens is 1. The highest BCUT2D eigenvalue weighted by Gasteiger charge is 2.02. The van der Waals surface area contributed by atoms with E-state index < -0.39 is 5.97 Å². The molecule has 0 aromatic heterocycles. The van der Waals surface area contributed by atoms with Gasteiger partial charge in [0, 0.05) is 6.08 Å². The molecule has 0 spiro atoms. The molecule has 0 atom stereocenters. The number of benzene rings is 1. The van der Waals surface area contributed by atoms with Crippen molar-refractivity contribution in [1.82, 2.24) is 0 Å². The maximum absolute atomic E-state index is 10.4. The van der Waals surface area contributed by atoms with E-state index >= 15 is 0 Å². The quantitative estimate of drug-likeness (QED) is 0.823. The Bertz CT molecular complexity index is 424. The monoisotopic (exact) mass is 240 g/mol. The number of aliphatic carboxylic acids is 1. The SMILES string of the molecule is C/C(=C\C(=O)O)COc1cc(C)ccc1Cl. The van der Waals surface area contributed by atoms with Crippen LogP contribution in [0.4, 0.5) is 0 Å². The summed E-state index contributed by atoms with van der Waals surface area (Å²) in [5.74, 6) is -0.406. The lowest BCUT2D eigenvalue weighted by molar-refractivity contribution is -0.131. The van der Waals surface area contributed by atoms with Crippen molar-refractivity contribution >= 4 is 17.6 Å². The Kier molecular flexibility index (Phi) is 4.38. The number of carboxylic acids is 1. The highest BCUT2D eigenvalue weighted by Crippen LogP contribution is 2.25. The predicted molar refractivity (Wildman–Crippen MR) is 63.1 cm³/mol. The highest BCUT2D eigenvalue weighted by molar-refractivity contribution is 6.32. The van der Waals surface area contributed by atoms with Crippen LogP contribution >= 0.6 is 11.6 Å². The van der Waals surface area contributed by atoms with E-state index in [0.717, 1.165) is 11.6 Å². The number of rotatable bonds is 4. The molecule has 1 rings (SSSR count). The molecule has 0 heterocycles. The van der Waals surface area contributed by atoms with Gasteiger partial charge in [-0.15, -0.1) is 0 Å². The second-order valence-electron chi connectivity index (χ2n) is 3.55. The molecule has 0 saturated carbocycles. The molecule has 0 fully saturated rings. The Balaban J connectivity index is 2.68. The van der Waals surface area contributed by atoms with E-state index in [1.165, 1.54) is 0 Å². The first kappa shape index (κ1) is 12.6. The second-order valence-corrected chi connectivity index (χ2v) is 3.96. The van der Waals surface area contributed by atoms with Gasteiger partial charge in [0.25, 0.3) is 0 Å². The Morgan fingerprint density at radius 3 is 2.88 bits per heavy atom. The number of aryl methyl sites for hydroxylation is 1. The van der Waals surface area contributed by atoms with E-state index in [4.69, 9.17) is 21.4 Å². The van der Waals surface area contributed by atoms with Crippen molar-refractivity contribution < 1.29 is 14.6 Å². The molecule has 4 heteroatoms. The zero-order valence-electron chi connectivity index (χ0n) is 9.16. The molecular weight excluding hydrogens is 228 g/mol. The van der Waals surface area contributed by atoms with Crippen molar-refractivity contribution in [3.63, 3.8) is 0 Å². The molecule has 0 aliphatic heterocycles. The number of hydrogen-bond acceptors (Lipinski definition) is 2. The molecule has 0 saturated heterocycles. The minimum absolute atomic E-state index is 0.218. The lowest BCUT2D eigenvalue weighted by Crippen LogP contribution is -2.01. The molecule has 0 aliphatic carbocycles. The third kappa shape index (κ3) is 3.95. The average Bonchev–Trinajstić information content (AvgIpc) is 2.18. The molecule has 0 amide bonds. The van der Waals surface area contributed by atoms with Gasteiger partial charge in [-0.25, -0.2) is 4.79 Å². The van der Waals surface area contributed by atoms with Gasteiger partial charge in [-0.3, -0.25) is 0 Å². The predicted octanol–water partition coefficient (Wildman–Crippen LogP) is 3.06. The largest absolute Gasteiger partial charge is 0.488 e. The third-order valence-corrected chi connectivity index (χ3v) is 2.22. The van der Waals surface area contributed by atoms with Crippen LogP contribution in [0.1, 0.15) is 12.5 Å². The topological polar surface area (TPSA) is 46.5 Å². The van der Waals surface area contributed by atoms with Crippen molar-refractivity contribution in [2.45, 2.75) is 13.8 Å². The highest BCUT2D eigenvalue weighted by atomic mass is 35.5. The summed E-state index contributed by atoms with van der Waals surface area (Å²) < 4.78 is 5.42. The molecular formula is C12H13ClO3. The fourth-order valence-corrected chi connectivity index (χ4v) is 1.34. The van der Waals surface area contributed by atoms with Gasteiger partial charge in [0.15, 0.2) is 0 Å². The van der Waals surface area contributed by atoms with Crippen molar-refractivity contribution in [3.8, 4) is 5.75 Å². The summed E-state index contributed by atoms with van der Waals surface area (Å²) in [4.78, 5) is 10.4. The number of hydrogen-bond donors (Lipinski definition) is 1. The number of carboxylic acid groups (broad SMARTS) is 1. The minimum atomic E-state index is -0.976. The molecule has 1 aromatic rings. The third-order valence-electron chi connectivity index (χ3n) is 1.91. The van der Waals surface area contributed by atoms with Gasteiger partial charge in [0.1, 0.15) is 12.4 Å². The summed E-state index contributed by atoms with van der Waals surface area (Å²) in [7, 11) is 0. The molecule has 0 radical (unpaired) electrons. The summed E-state index contributed by atoms with van der Waals surface area (Å²) in [6.45, 7) is 3.84. The van der Waals surface area contributed by atoms with Crippen LogP contribution in [0.3, 0.4) is 0 Å². The van der Waals surface area contributed by atoms with Crippen LogP contribution in [0.2, 0.25) is 5.02 Å². The smallest absolute Gasteiger partial charge is 0.328 e. The van der Waals surface area contributed by atoms with Gasteiger partial charge < -0.3 is 9.84 Å². The Hall–Kier alpha value is -1.48. The zero-order valence-corrected chi connectivity index (χ0v) is 9.91. The van der Waals surface area contributed by atoms with Crippen LogP contribution in [0.15, 0.2) is 29.8 Å². The van der Waals surface area contributed by atoms with E-state index in [2.05, 4.69) is 0 Å². The van der Waals surface area contributed by atoms with Gasteiger partial charge >= 0.3 is 5.97 Å². The lowest BCUT2D eigenvalue weighted by Gasteiger charge is -2.08. The van der Waals surface area contributed by atoms with Gasteiger partial charge in [-0.05, 0) is 37.1 Å². The molecule has 1 N–H and O–H groups in total. The molecule has 3 nitrogen and oxygen atoms in total. The number of carbonyl (C=O) groups is 1. The maximum Gasteiger partial charge on any atom is 0.328 e. The standard InChI is InChI=1S/C12H13ClO3/c1-8-3-4-10(13)11(5-8)16-7-9(2)6-12(14)15/h3-6H,7H2,1-2H3,(H,14,15)/b9-6+. The minimum Gasteiger partial charge on any atom is -0.488 e. The molecule has 86 valence electrons. The van der Waals surface area contributed by atoms with Gasteiger partial charge in [-0.2, -0.15) is 0 Å². The first-order valence-electron chi connectivity index (χ1n) is 4.78. The van der Waals surface area contributed by atoms with E-state index in [1.807, 2.05) is 19.1 Å². The summed E-state index contributed by atoms with van der Waals surface area (Å²) in [5.41, 5.74) is 1.67. The lowest BCUT2D eigenvalue weighted by atomic mass is 10.2. The Morgan fingerprint density at radius 1 is 1.56 bits per heavy atom. The summed E-state index contributed by atoms with van der Waals surface area (Å²) >= 11 is 5.92. The van der Waals surface area contributed by atoms with E-state index in [9.17, 15) is 4.79 Å². The van der Waals surface area contributed by atoms with Crippen LogP contribution < -0.4 is 4.74 Å².